The molecule has 0 bridgehead atoms. The smallest absolute Gasteiger partial charge is 0.0411 e. The number of rotatable bonds is 1. The Bertz CT molecular complexity index is 362. The van der Waals surface area contributed by atoms with E-state index in [9.17, 15) is 0 Å². The fourth-order valence-electron chi connectivity index (χ4n) is 2.03. The van der Waals surface area contributed by atoms with Crippen molar-refractivity contribution in [2.24, 2.45) is 5.73 Å². The Balaban J connectivity index is 0.000000562. The number of fused-ring (bicyclic) bond motifs is 1. The van der Waals surface area contributed by atoms with E-state index in [0.717, 1.165) is 25.9 Å². The molecule has 15 heavy (non-hydrogen) atoms. The molecule has 1 aliphatic heterocycles. The first-order chi connectivity index (χ1) is 6.28. The zero-order valence-corrected chi connectivity index (χ0v) is 10.1. The fraction of sp³-hybridized carbons (Fsp3) is 0.455. The van der Waals surface area contributed by atoms with Gasteiger partial charge in [-0.3, -0.25) is 0 Å². The Hall–Kier alpha value is -0.280. The van der Waals surface area contributed by atoms with Crippen molar-refractivity contribution in [2.75, 3.05) is 0 Å². The normalized spacial score (nSPS) is 19.8. The number of halogens is 2. The molecule has 1 aromatic rings. The lowest BCUT2D eigenvalue weighted by molar-refractivity contribution is 0.736. The van der Waals surface area contributed by atoms with Crippen LogP contribution in [0.3, 0.4) is 0 Å². The van der Waals surface area contributed by atoms with Gasteiger partial charge in [-0.1, -0.05) is 18.2 Å². The van der Waals surface area contributed by atoms with Gasteiger partial charge in [-0.2, -0.15) is 0 Å². The van der Waals surface area contributed by atoms with Gasteiger partial charge in [0.15, 0.2) is 0 Å². The molecule has 0 amide bonds. The number of hydrogen-bond donors (Lipinski definition) is 2. The topological polar surface area (TPSA) is 38.0 Å². The second kappa shape index (κ2) is 4.30. The first kappa shape index (κ1) is 12.8. The molecule has 1 saturated carbocycles. The molecule has 1 fully saturated rings. The summed E-state index contributed by atoms with van der Waals surface area (Å²) in [4.78, 5) is 0. The van der Waals surface area contributed by atoms with Gasteiger partial charge < -0.3 is 11.1 Å². The van der Waals surface area contributed by atoms with Crippen molar-refractivity contribution >= 4 is 24.8 Å². The Morgan fingerprint density at radius 1 is 1.07 bits per heavy atom. The minimum absolute atomic E-state index is 0. The highest BCUT2D eigenvalue weighted by Crippen LogP contribution is 2.43. The molecule has 0 atom stereocenters. The van der Waals surface area contributed by atoms with E-state index in [2.05, 4.69) is 23.5 Å². The molecular formula is C11H16Cl2N2. The van der Waals surface area contributed by atoms with E-state index in [1.54, 1.807) is 0 Å². The third-order valence-electron chi connectivity index (χ3n) is 3.20. The average Bonchev–Trinajstić information content (AvgIpc) is 2.74. The second-order valence-corrected chi connectivity index (χ2v) is 4.24. The van der Waals surface area contributed by atoms with Crippen molar-refractivity contribution < 1.29 is 0 Å². The lowest BCUT2D eigenvalue weighted by atomic mass is 10.0. The van der Waals surface area contributed by atoms with Crippen molar-refractivity contribution in [3.63, 3.8) is 0 Å². The van der Waals surface area contributed by atoms with Gasteiger partial charge in [-0.05, 0) is 29.5 Å². The molecular weight excluding hydrogens is 231 g/mol. The number of nitrogens with one attached hydrogen (secondary N) is 1. The molecule has 0 unspecified atom stereocenters. The van der Waals surface area contributed by atoms with E-state index in [0.29, 0.717) is 0 Å². The van der Waals surface area contributed by atoms with Crippen molar-refractivity contribution in [2.45, 2.75) is 31.5 Å². The molecule has 0 radical (unpaired) electrons. The third kappa shape index (κ3) is 2.13. The summed E-state index contributed by atoms with van der Waals surface area (Å²) in [6, 6.07) is 6.69. The highest BCUT2D eigenvalue weighted by molar-refractivity contribution is 5.85. The molecule has 0 spiro atoms. The van der Waals surface area contributed by atoms with E-state index in [1.165, 1.54) is 16.7 Å². The molecule has 2 aliphatic rings. The standard InChI is InChI=1S/C11H14N2.2ClH/c12-11(3-4-11)10-2-1-8-6-13-7-9(8)5-10;;/h1-2,5,13H,3-4,6-7,12H2;2*1H. The molecule has 3 rings (SSSR count). The molecule has 4 heteroatoms. The van der Waals surface area contributed by atoms with Crippen LogP contribution in [0.25, 0.3) is 0 Å². The summed E-state index contributed by atoms with van der Waals surface area (Å²) >= 11 is 0. The summed E-state index contributed by atoms with van der Waals surface area (Å²) in [5.74, 6) is 0. The monoisotopic (exact) mass is 246 g/mol. The van der Waals surface area contributed by atoms with Crippen LogP contribution in [0.2, 0.25) is 0 Å². The summed E-state index contributed by atoms with van der Waals surface area (Å²) in [7, 11) is 0. The van der Waals surface area contributed by atoms with Gasteiger partial charge >= 0.3 is 0 Å². The lowest BCUT2D eigenvalue weighted by Crippen LogP contribution is -2.18. The van der Waals surface area contributed by atoms with Crippen LogP contribution >= 0.6 is 24.8 Å². The Morgan fingerprint density at radius 2 is 1.73 bits per heavy atom. The van der Waals surface area contributed by atoms with E-state index in [-0.39, 0.29) is 30.4 Å². The van der Waals surface area contributed by atoms with Gasteiger partial charge in [-0.15, -0.1) is 24.8 Å². The second-order valence-electron chi connectivity index (χ2n) is 4.24. The maximum absolute atomic E-state index is 6.14. The maximum Gasteiger partial charge on any atom is 0.0411 e. The van der Waals surface area contributed by atoms with Crippen LogP contribution in [0.4, 0.5) is 0 Å². The zero-order valence-electron chi connectivity index (χ0n) is 8.45. The molecule has 1 aromatic carbocycles. The van der Waals surface area contributed by atoms with Crippen molar-refractivity contribution in [1.82, 2.24) is 5.32 Å². The van der Waals surface area contributed by atoms with E-state index in [1.807, 2.05) is 0 Å². The van der Waals surface area contributed by atoms with Gasteiger partial charge in [0.1, 0.15) is 0 Å². The maximum atomic E-state index is 6.14. The van der Waals surface area contributed by atoms with Crippen LogP contribution in [0, 0.1) is 0 Å². The quantitative estimate of drug-likeness (QED) is 0.797. The van der Waals surface area contributed by atoms with Crippen LogP contribution in [-0.2, 0) is 18.6 Å². The summed E-state index contributed by atoms with van der Waals surface area (Å²) in [5, 5.41) is 3.35. The van der Waals surface area contributed by atoms with E-state index < -0.39 is 0 Å². The van der Waals surface area contributed by atoms with Crippen molar-refractivity contribution in [1.29, 1.82) is 0 Å². The van der Waals surface area contributed by atoms with Crippen molar-refractivity contribution in [3.05, 3.63) is 34.9 Å². The molecule has 1 aliphatic carbocycles. The highest BCUT2D eigenvalue weighted by atomic mass is 35.5. The largest absolute Gasteiger partial charge is 0.321 e. The lowest BCUT2D eigenvalue weighted by Gasteiger charge is -2.10. The summed E-state index contributed by atoms with van der Waals surface area (Å²) in [5.41, 5.74) is 10.4. The van der Waals surface area contributed by atoms with E-state index >= 15 is 0 Å². The molecule has 0 aromatic heterocycles. The van der Waals surface area contributed by atoms with Gasteiger partial charge in [0.2, 0.25) is 0 Å². The molecule has 84 valence electrons. The number of benzene rings is 1. The van der Waals surface area contributed by atoms with Gasteiger partial charge in [0.05, 0.1) is 0 Å². The summed E-state index contributed by atoms with van der Waals surface area (Å²) < 4.78 is 0. The predicted octanol–water partition coefficient (Wildman–Crippen LogP) is 2.08. The van der Waals surface area contributed by atoms with Crippen molar-refractivity contribution in [3.8, 4) is 0 Å². The highest BCUT2D eigenvalue weighted by Gasteiger charge is 2.40. The molecule has 1 heterocycles. The third-order valence-corrected chi connectivity index (χ3v) is 3.20. The number of nitrogens with two attached hydrogens (primary N) is 1. The van der Waals surface area contributed by atoms with Gasteiger partial charge in [0, 0.05) is 18.6 Å². The van der Waals surface area contributed by atoms with Gasteiger partial charge in [-0.25, -0.2) is 0 Å². The number of hydrogen-bond acceptors (Lipinski definition) is 2. The fourth-order valence-corrected chi connectivity index (χ4v) is 2.03. The zero-order chi connectivity index (χ0) is 8.89. The van der Waals surface area contributed by atoms with Crippen LogP contribution in [0.1, 0.15) is 29.5 Å². The summed E-state index contributed by atoms with van der Waals surface area (Å²) in [6.07, 6.45) is 2.30. The van der Waals surface area contributed by atoms with E-state index in [4.69, 9.17) is 5.73 Å². The first-order valence-electron chi connectivity index (χ1n) is 4.90. The Labute approximate surface area is 102 Å². The minimum atomic E-state index is 0. The van der Waals surface area contributed by atoms with Gasteiger partial charge in [0.25, 0.3) is 0 Å². The molecule has 2 nitrogen and oxygen atoms in total. The average molecular weight is 247 g/mol. The Morgan fingerprint density at radius 3 is 2.40 bits per heavy atom. The Kier molecular flexibility index (Phi) is 3.67. The molecule has 3 N–H and O–H groups in total. The van der Waals surface area contributed by atoms with Crippen LogP contribution < -0.4 is 11.1 Å². The molecule has 0 saturated heterocycles. The van der Waals surface area contributed by atoms with Crippen LogP contribution in [0.15, 0.2) is 18.2 Å². The first-order valence-corrected chi connectivity index (χ1v) is 4.90. The summed E-state index contributed by atoms with van der Waals surface area (Å²) in [6.45, 7) is 2.03. The van der Waals surface area contributed by atoms with Crippen LogP contribution in [0.5, 0.6) is 0 Å². The van der Waals surface area contributed by atoms with Crippen LogP contribution in [-0.4, -0.2) is 0 Å². The SMILES string of the molecule is Cl.Cl.NC1(c2ccc3c(c2)CNC3)CC1. The predicted molar refractivity (Wildman–Crippen MR) is 66.6 cm³/mol. The minimum Gasteiger partial charge on any atom is -0.321 e.